The molecular weight excluding hydrogens is 410 g/mol. The Kier molecular flexibility index (Phi) is 7.80. The highest BCUT2D eigenvalue weighted by molar-refractivity contribution is 7.08. The summed E-state index contributed by atoms with van der Waals surface area (Å²) in [4.78, 5) is 40.5. The number of ketones is 1. The van der Waals surface area contributed by atoms with E-state index in [4.69, 9.17) is 11.6 Å². The summed E-state index contributed by atoms with van der Waals surface area (Å²) in [6.45, 7) is 4.24. The van der Waals surface area contributed by atoms with E-state index in [0.717, 1.165) is 25.2 Å². The average Bonchev–Trinajstić information content (AvgIpc) is 3.27. The van der Waals surface area contributed by atoms with Crippen LogP contribution in [-0.2, 0) is 4.79 Å². The number of nitrogens with one attached hydrogen (secondary N) is 1. The summed E-state index contributed by atoms with van der Waals surface area (Å²) in [6, 6.07) is 8.54. The number of Topliss-reactive ketones (excluding diaryl/α,β-unsaturated/α-hetero) is 1. The van der Waals surface area contributed by atoms with Crippen LogP contribution in [0.3, 0.4) is 0 Å². The average molecular weight is 434 g/mol. The summed E-state index contributed by atoms with van der Waals surface area (Å²) in [5, 5.41) is 7.24. The zero-order valence-electron chi connectivity index (χ0n) is 16.1. The number of thiophene rings is 1. The molecule has 29 heavy (non-hydrogen) atoms. The van der Waals surface area contributed by atoms with Crippen LogP contribution in [-0.4, -0.2) is 66.7 Å². The van der Waals surface area contributed by atoms with E-state index < -0.39 is 0 Å². The van der Waals surface area contributed by atoms with Gasteiger partial charge >= 0.3 is 0 Å². The Hall–Kier alpha value is -2.22. The fourth-order valence-electron chi connectivity index (χ4n) is 3.19. The largest absolute Gasteiger partial charge is 0.355 e. The van der Waals surface area contributed by atoms with E-state index in [9.17, 15) is 14.4 Å². The highest BCUT2D eigenvalue weighted by atomic mass is 35.5. The molecule has 0 aliphatic carbocycles. The van der Waals surface area contributed by atoms with E-state index in [1.807, 2.05) is 21.7 Å². The summed E-state index contributed by atoms with van der Waals surface area (Å²) in [5.41, 5.74) is 1.32. The van der Waals surface area contributed by atoms with Crippen LogP contribution in [0.1, 0.15) is 33.6 Å². The first-order valence-electron chi connectivity index (χ1n) is 9.62. The lowest BCUT2D eigenvalue weighted by Gasteiger charge is -2.34. The summed E-state index contributed by atoms with van der Waals surface area (Å²) < 4.78 is 0. The van der Waals surface area contributed by atoms with Gasteiger partial charge in [-0.15, -0.1) is 0 Å². The Balaban J connectivity index is 1.30. The second-order valence-corrected chi connectivity index (χ2v) is 8.14. The lowest BCUT2D eigenvalue weighted by Crippen LogP contribution is -2.50. The molecule has 1 aliphatic heterocycles. The molecule has 0 saturated carbocycles. The van der Waals surface area contributed by atoms with Gasteiger partial charge in [0.05, 0.1) is 5.56 Å². The first-order chi connectivity index (χ1) is 14.0. The number of nitrogens with zero attached hydrogens (tertiary/aromatic N) is 2. The molecule has 0 unspecified atom stereocenters. The van der Waals surface area contributed by atoms with Crippen molar-refractivity contribution in [1.82, 2.24) is 15.1 Å². The van der Waals surface area contributed by atoms with Crippen molar-refractivity contribution in [2.75, 3.05) is 39.3 Å². The SMILES string of the molecule is O=C(CCC(=O)c1ccc(Cl)cc1)NCCN1CCN(C(=O)c2ccsc2)CC1. The zero-order chi connectivity index (χ0) is 20.6. The van der Waals surface area contributed by atoms with Crippen LogP contribution in [0.5, 0.6) is 0 Å². The molecule has 1 fully saturated rings. The number of amides is 2. The molecule has 0 bridgehead atoms. The van der Waals surface area contributed by atoms with Crippen LogP contribution < -0.4 is 5.32 Å². The lowest BCUT2D eigenvalue weighted by molar-refractivity contribution is -0.121. The smallest absolute Gasteiger partial charge is 0.254 e. The van der Waals surface area contributed by atoms with Gasteiger partial charge < -0.3 is 10.2 Å². The first kappa shape index (κ1) is 21.5. The Labute approximate surface area is 179 Å². The van der Waals surface area contributed by atoms with Gasteiger partial charge in [-0.05, 0) is 35.7 Å². The van der Waals surface area contributed by atoms with Gasteiger partial charge in [0.25, 0.3) is 5.91 Å². The van der Waals surface area contributed by atoms with E-state index in [1.54, 1.807) is 24.3 Å². The molecule has 2 aromatic rings. The van der Waals surface area contributed by atoms with E-state index in [1.165, 1.54) is 11.3 Å². The van der Waals surface area contributed by atoms with E-state index in [2.05, 4.69) is 10.2 Å². The number of halogens is 1. The standard InChI is InChI=1S/C21H24ClN3O3S/c22-18-3-1-16(2-4-18)19(26)5-6-20(27)23-8-9-24-10-12-25(13-11-24)21(28)17-7-14-29-15-17/h1-4,7,14-15H,5-6,8-13H2,(H,23,27). The summed E-state index contributed by atoms with van der Waals surface area (Å²) in [6.07, 6.45) is 0.348. The summed E-state index contributed by atoms with van der Waals surface area (Å²) >= 11 is 7.34. The molecule has 1 saturated heterocycles. The minimum absolute atomic E-state index is 0.0665. The monoisotopic (exact) mass is 433 g/mol. The molecule has 0 atom stereocenters. The van der Waals surface area contributed by atoms with Crippen LogP contribution in [0.4, 0.5) is 0 Å². The van der Waals surface area contributed by atoms with Gasteiger partial charge in [0.15, 0.2) is 5.78 Å². The Morgan fingerprint density at radius 1 is 0.966 bits per heavy atom. The molecule has 0 radical (unpaired) electrons. The van der Waals surface area contributed by atoms with Crippen LogP contribution in [0.15, 0.2) is 41.1 Å². The maximum absolute atomic E-state index is 12.3. The van der Waals surface area contributed by atoms with E-state index in [-0.39, 0.29) is 30.4 Å². The molecule has 1 N–H and O–H groups in total. The van der Waals surface area contributed by atoms with Gasteiger partial charge in [0.1, 0.15) is 0 Å². The zero-order valence-corrected chi connectivity index (χ0v) is 17.7. The Morgan fingerprint density at radius 2 is 1.69 bits per heavy atom. The van der Waals surface area contributed by atoms with Crippen LogP contribution in [0.2, 0.25) is 5.02 Å². The van der Waals surface area contributed by atoms with Crippen molar-refractivity contribution >= 4 is 40.5 Å². The second-order valence-electron chi connectivity index (χ2n) is 6.93. The topological polar surface area (TPSA) is 69.7 Å². The van der Waals surface area contributed by atoms with Crippen molar-refractivity contribution in [3.8, 4) is 0 Å². The molecule has 8 heteroatoms. The van der Waals surface area contributed by atoms with Crippen molar-refractivity contribution in [1.29, 1.82) is 0 Å². The molecule has 2 amide bonds. The molecular formula is C21H24ClN3O3S. The number of hydrogen-bond acceptors (Lipinski definition) is 5. The van der Waals surface area contributed by atoms with E-state index in [0.29, 0.717) is 30.2 Å². The van der Waals surface area contributed by atoms with Crippen molar-refractivity contribution < 1.29 is 14.4 Å². The Morgan fingerprint density at radius 3 is 2.34 bits per heavy atom. The van der Waals surface area contributed by atoms with Gasteiger partial charge in [-0.3, -0.25) is 19.3 Å². The van der Waals surface area contributed by atoms with Crippen molar-refractivity contribution in [3.63, 3.8) is 0 Å². The van der Waals surface area contributed by atoms with Gasteiger partial charge in [-0.25, -0.2) is 0 Å². The fraction of sp³-hybridized carbons (Fsp3) is 0.381. The lowest BCUT2D eigenvalue weighted by atomic mass is 10.1. The van der Waals surface area contributed by atoms with Crippen LogP contribution in [0.25, 0.3) is 0 Å². The van der Waals surface area contributed by atoms with Gasteiger partial charge in [-0.1, -0.05) is 11.6 Å². The highest BCUT2D eigenvalue weighted by Crippen LogP contribution is 2.13. The predicted molar refractivity (Wildman–Crippen MR) is 115 cm³/mol. The summed E-state index contributed by atoms with van der Waals surface area (Å²) in [7, 11) is 0. The number of benzene rings is 1. The minimum Gasteiger partial charge on any atom is -0.355 e. The minimum atomic E-state index is -0.126. The van der Waals surface area contributed by atoms with Crippen molar-refractivity contribution in [2.24, 2.45) is 0 Å². The third-order valence-corrected chi connectivity index (χ3v) is 5.86. The van der Waals surface area contributed by atoms with Crippen molar-refractivity contribution in [2.45, 2.75) is 12.8 Å². The summed E-state index contributed by atoms with van der Waals surface area (Å²) in [5.74, 6) is -0.105. The molecule has 2 heterocycles. The van der Waals surface area contributed by atoms with Gasteiger partial charge in [0.2, 0.25) is 5.91 Å². The number of rotatable bonds is 8. The molecule has 0 spiro atoms. The first-order valence-corrected chi connectivity index (χ1v) is 10.9. The Bertz CT molecular complexity index is 831. The number of carbonyl (C=O) groups excluding carboxylic acids is 3. The molecule has 1 aromatic carbocycles. The van der Waals surface area contributed by atoms with Crippen LogP contribution >= 0.6 is 22.9 Å². The van der Waals surface area contributed by atoms with Crippen molar-refractivity contribution in [3.05, 3.63) is 57.2 Å². The quantitative estimate of drug-likeness (QED) is 0.650. The molecule has 3 rings (SSSR count). The maximum atomic E-state index is 12.3. The third-order valence-electron chi connectivity index (χ3n) is 4.92. The number of hydrogen-bond donors (Lipinski definition) is 1. The second kappa shape index (κ2) is 10.5. The fourth-order valence-corrected chi connectivity index (χ4v) is 3.95. The predicted octanol–water partition coefficient (Wildman–Crippen LogP) is 2.94. The highest BCUT2D eigenvalue weighted by Gasteiger charge is 2.22. The van der Waals surface area contributed by atoms with E-state index >= 15 is 0 Å². The maximum Gasteiger partial charge on any atom is 0.254 e. The normalized spacial score (nSPS) is 14.6. The number of piperazine rings is 1. The van der Waals surface area contributed by atoms with Gasteiger partial charge in [-0.2, -0.15) is 11.3 Å². The molecule has 154 valence electrons. The molecule has 1 aromatic heterocycles. The third kappa shape index (κ3) is 6.39. The van der Waals surface area contributed by atoms with Crippen LogP contribution in [0, 0.1) is 0 Å². The molecule has 1 aliphatic rings. The van der Waals surface area contributed by atoms with Gasteiger partial charge in [0, 0.05) is 68.1 Å². The number of carbonyl (C=O) groups is 3. The molecule has 6 nitrogen and oxygen atoms in total.